The quantitative estimate of drug-likeness (QED) is 0.192. The van der Waals surface area contributed by atoms with Crippen LogP contribution in [0.1, 0.15) is 0 Å². The van der Waals surface area contributed by atoms with E-state index >= 15 is 0 Å². The highest BCUT2D eigenvalue weighted by atomic mass is 32.2. The number of rotatable bonds is 3. The van der Waals surface area contributed by atoms with E-state index in [4.69, 9.17) is 0 Å². The molecule has 0 aliphatic heterocycles. The van der Waals surface area contributed by atoms with Crippen molar-refractivity contribution in [3.8, 4) is 0 Å². The van der Waals surface area contributed by atoms with Gasteiger partial charge in [0, 0.05) is 17.4 Å². The van der Waals surface area contributed by atoms with Crippen LogP contribution in [0.4, 0.5) is 0 Å². The van der Waals surface area contributed by atoms with Crippen LogP contribution in [0.25, 0.3) is 32.3 Å². The Labute approximate surface area is 259 Å². The third kappa shape index (κ3) is 9.17. The molecule has 0 aromatic heterocycles. The van der Waals surface area contributed by atoms with Crippen LogP contribution < -0.4 is 0 Å². The fourth-order valence-corrected chi connectivity index (χ4v) is 5.49. The van der Waals surface area contributed by atoms with Crippen molar-refractivity contribution in [2.75, 3.05) is 0 Å². The summed E-state index contributed by atoms with van der Waals surface area (Å²) in [6.07, 6.45) is 0. The Morgan fingerprint density at radius 3 is 0.744 bits per heavy atom. The van der Waals surface area contributed by atoms with Gasteiger partial charge in [0.2, 0.25) is 0 Å². The van der Waals surface area contributed by atoms with Gasteiger partial charge in [-0.15, -0.1) is 0 Å². The van der Waals surface area contributed by atoms with E-state index < -0.39 is 30.4 Å². The van der Waals surface area contributed by atoms with Gasteiger partial charge >= 0.3 is 0 Å². The second-order valence-electron chi connectivity index (χ2n) is 8.89. The highest BCUT2D eigenvalue weighted by Crippen LogP contribution is 2.20. The van der Waals surface area contributed by atoms with E-state index in [9.17, 15) is 38.9 Å². The summed E-state index contributed by atoms with van der Waals surface area (Å²) < 4.78 is 96.5. The first-order chi connectivity index (χ1) is 19.7. The molecular formula is C30H21AlO9S3-3. The summed E-state index contributed by atoms with van der Waals surface area (Å²) in [6.45, 7) is 0. The molecule has 43 heavy (non-hydrogen) atoms. The van der Waals surface area contributed by atoms with E-state index in [0.717, 1.165) is 32.3 Å². The summed E-state index contributed by atoms with van der Waals surface area (Å²) in [4.78, 5) is -0.552. The molecule has 6 aromatic carbocycles. The lowest BCUT2D eigenvalue weighted by molar-refractivity contribution is 0.461. The normalized spacial score (nSPS) is 11.5. The highest BCUT2D eigenvalue weighted by molar-refractivity contribution is 7.86. The van der Waals surface area contributed by atoms with E-state index in [1.807, 2.05) is 36.4 Å². The molecule has 0 heterocycles. The lowest BCUT2D eigenvalue weighted by Crippen LogP contribution is -1.97. The number of hydrogen-bond acceptors (Lipinski definition) is 9. The Balaban J connectivity index is 0.000000175. The molecule has 0 fully saturated rings. The van der Waals surface area contributed by atoms with Gasteiger partial charge in [-0.25, -0.2) is 25.3 Å². The van der Waals surface area contributed by atoms with Crippen molar-refractivity contribution in [3.63, 3.8) is 0 Å². The Morgan fingerprint density at radius 2 is 0.535 bits per heavy atom. The minimum atomic E-state index is -4.34. The molecule has 0 unspecified atom stereocenters. The van der Waals surface area contributed by atoms with Crippen LogP contribution in [0.15, 0.2) is 142 Å². The Bertz CT molecular complexity index is 1980. The fraction of sp³-hybridized carbons (Fsp3) is 0. The van der Waals surface area contributed by atoms with Gasteiger partial charge in [-0.05, 0) is 68.7 Å². The summed E-state index contributed by atoms with van der Waals surface area (Å²) >= 11 is 0. The molecule has 0 atom stereocenters. The fourth-order valence-electron chi connectivity index (χ4n) is 3.97. The Morgan fingerprint density at radius 1 is 0.326 bits per heavy atom. The molecule has 0 aliphatic carbocycles. The van der Waals surface area contributed by atoms with Gasteiger partial charge in [-0.1, -0.05) is 91.0 Å². The highest BCUT2D eigenvalue weighted by Gasteiger charge is 2.03. The predicted octanol–water partition coefficient (Wildman–Crippen LogP) is 4.85. The van der Waals surface area contributed by atoms with Gasteiger partial charge in [0.15, 0.2) is 0 Å². The number of hydrogen-bond donors (Lipinski definition) is 0. The van der Waals surface area contributed by atoms with Crippen molar-refractivity contribution in [1.29, 1.82) is 0 Å². The average molecular weight is 649 g/mol. The SMILES string of the molecule is O=S(=O)([O-])c1ccc2ccccc2c1.O=S(=O)([O-])c1ccc2ccccc2c1.O=S(=O)([O-])c1ccc2ccccc2c1.[Al]. The minimum Gasteiger partial charge on any atom is -0.744 e. The summed E-state index contributed by atoms with van der Waals surface area (Å²) in [5.41, 5.74) is 0. The molecule has 219 valence electrons. The molecule has 9 nitrogen and oxygen atoms in total. The average Bonchev–Trinajstić information content (AvgIpc) is 2.95. The van der Waals surface area contributed by atoms with E-state index in [1.54, 1.807) is 54.6 Å². The van der Waals surface area contributed by atoms with E-state index in [2.05, 4.69) is 0 Å². The molecule has 0 saturated heterocycles. The van der Waals surface area contributed by atoms with Crippen molar-refractivity contribution in [3.05, 3.63) is 127 Å². The third-order valence-electron chi connectivity index (χ3n) is 6.03. The Kier molecular flexibility index (Phi) is 10.8. The van der Waals surface area contributed by atoms with Crippen molar-refractivity contribution < 1.29 is 38.9 Å². The summed E-state index contributed by atoms with van der Waals surface area (Å²) in [6, 6.07) is 34.8. The predicted molar refractivity (Wildman–Crippen MR) is 161 cm³/mol. The lowest BCUT2D eigenvalue weighted by atomic mass is 10.1. The van der Waals surface area contributed by atoms with E-state index in [0.29, 0.717) is 0 Å². The van der Waals surface area contributed by atoms with Crippen LogP contribution >= 0.6 is 0 Å². The molecule has 3 radical (unpaired) electrons. The smallest absolute Gasteiger partial charge is 0.124 e. The topological polar surface area (TPSA) is 172 Å². The van der Waals surface area contributed by atoms with Crippen LogP contribution in [0.5, 0.6) is 0 Å². The molecule has 13 heteroatoms. The van der Waals surface area contributed by atoms with Crippen LogP contribution in [0.3, 0.4) is 0 Å². The van der Waals surface area contributed by atoms with Gasteiger partial charge in [-0.3, -0.25) is 0 Å². The maximum Gasteiger partial charge on any atom is 0.124 e. The molecule has 0 amide bonds. The Hall–Kier alpha value is -3.64. The zero-order chi connectivity index (χ0) is 30.5. The first-order valence-corrected chi connectivity index (χ1v) is 16.3. The van der Waals surface area contributed by atoms with Gasteiger partial charge in [0.25, 0.3) is 0 Å². The second-order valence-corrected chi connectivity index (χ2v) is 13.0. The maximum atomic E-state index is 10.7. The molecule has 0 spiro atoms. The van der Waals surface area contributed by atoms with E-state index in [1.165, 1.54) is 36.4 Å². The first kappa shape index (κ1) is 33.9. The zero-order valence-corrected chi connectivity index (χ0v) is 25.7. The number of benzene rings is 6. The van der Waals surface area contributed by atoms with E-state index in [-0.39, 0.29) is 32.0 Å². The van der Waals surface area contributed by atoms with Crippen LogP contribution in [-0.2, 0) is 30.4 Å². The van der Waals surface area contributed by atoms with Crippen LogP contribution in [0.2, 0.25) is 0 Å². The molecule has 0 N–H and O–H groups in total. The van der Waals surface area contributed by atoms with Crippen molar-refractivity contribution in [2.24, 2.45) is 0 Å². The van der Waals surface area contributed by atoms with Gasteiger partial charge < -0.3 is 13.7 Å². The molecule has 0 bridgehead atoms. The standard InChI is InChI=1S/3C10H8O3S.Al/c3*11-14(12,13)10-6-5-8-3-1-2-4-9(8)7-10;/h3*1-7H,(H,11,12,13);/p-3. The van der Waals surface area contributed by atoms with Crippen molar-refractivity contribution in [2.45, 2.75) is 14.7 Å². The molecule has 6 aromatic rings. The minimum absolute atomic E-state index is 0. The molecule has 0 aliphatic rings. The summed E-state index contributed by atoms with van der Waals surface area (Å²) in [5, 5.41) is 5.01. The van der Waals surface area contributed by atoms with Crippen LogP contribution in [0, 0.1) is 0 Å². The molecule has 0 saturated carbocycles. The summed E-state index contributed by atoms with van der Waals surface area (Å²) in [7, 11) is -13.0. The van der Waals surface area contributed by atoms with Crippen molar-refractivity contribution in [1.82, 2.24) is 0 Å². The largest absolute Gasteiger partial charge is 0.744 e. The van der Waals surface area contributed by atoms with Crippen molar-refractivity contribution >= 4 is 80.0 Å². The number of fused-ring (bicyclic) bond motifs is 3. The van der Waals surface area contributed by atoms with Gasteiger partial charge in [0.05, 0.1) is 14.7 Å². The van der Waals surface area contributed by atoms with Gasteiger partial charge in [0.1, 0.15) is 30.4 Å². The zero-order valence-electron chi connectivity index (χ0n) is 22.1. The molecular weight excluding hydrogens is 628 g/mol. The lowest BCUT2D eigenvalue weighted by Gasteiger charge is -2.07. The third-order valence-corrected chi connectivity index (χ3v) is 8.52. The monoisotopic (exact) mass is 648 g/mol. The van der Waals surface area contributed by atoms with Crippen LogP contribution in [-0.4, -0.2) is 56.3 Å². The second kappa shape index (κ2) is 13.8. The van der Waals surface area contributed by atoms with Gasteiger partial charge in [-0.2, -0.15) is 0 Å². The molecule has 6 rings (SSSR count). The summed E-state index contributed by atoms with van der Waals surface area (Å²) in [5.74, 6) is 0. The first-order valence-electron chi connectivity index (χ1n) is 12.1. The maximum absolute atomic E-state index is 10.7.